The Hall–Kier alpha value is -2.41. The van der Waals surface area contributed by atoms with Crippen molar-refractivity contribution in [2.45, 2.75) is 18.9 Å². The van der Waals surface area contributed by atoms with Crippen LogP contribution in [0.1, 0.15) is 24.5 Å². The molecule has 0 saturated carbocycles. The minimum absolute atomic E-state index is 0.144. The van der Waals surface area contributed by atoms with Crippen molar-refractivity contribution < 1.29 is 19.6 Å². The Morgan fingerprint density at radius 1 is 1.45 bits per heavy atom. The number of ether oxygens (including phenoxy) is 1. The highest BCUT2D eigenvalue weighted by atomic mass is 16.6. The molecule has 7 nitrogen and oxygen atoms in total. The number of non-ortho nitro benzene ring substituents is 1. The number of hydrogen-bond acceptors (Lipinski definition) is 6. The van der Waals surface area contributed by atoms with Crippen LogP contribution in [-0.2, 0) is 9.53 Å². The number of anilines is 1. The van der Waals surface area contributed by atoms with E-state index in [9.17, 15) is 20.0 Å². The summed E-state index contributed by atoms with van der Waals surface area (Å²) in [5, 5.41) is 21.4. The molecule has 1 unspecified atom stereocenters. The van der Waals surface area contributed by atoms with Crippen molar-refractivity contribution in [1.82, 2.24) is 0 Å². The van der Waals surface area contributed by atoms with Crippen LogP contribution in [-0.4, -0.2) is 36.2 Å². The zero-order valence-corrected chi connectivity index (χ0v) is 12.3. The van der Waals surface area contributed by atoms with Crippen molar-refractivity contribution in [1.29, 1.82) is 0 Å². The molecular formula is C15H18N2O5. The number of rotatable bonds is 5. The molecule has 1 aromatic carbocycles. The third-order valence-corrected chi connectivity index (χ3v) is 3.74. The summed E-state index contributed by atoms with van der Waals surface area (Å²) < 4.78 is 4.55. The Morgan fingerprint density at radius 2 is 2.09 bits per heavy atom. The second-order valence-corrected chi connectivity index (χ2v) is 5.11. The number of aliphatic hydroxyl groups is 1. The normalized spacial score (nSPS) is 15.5. The number of benzene rings is 1. The maximum atomic E-state index is 11.5. The second-order valence-electron chi connectivity index (χ2n) is 5.11. The minimum atomic E-state index is -1.34. The molecule has 0 bridgehead atoms. The Labute approximate surface area is 128 Å². The SMILES string of the molecule is C=C(C(=O)OC)C(O)c1cc([N+](=O)[O-])ccc1N1CCCC1. The third kappa shape index (κ3) is 3.09. The van der Waals surface area contributed by atoms with Gasteiger partial charge in [0.05, 0.1) is 17.6 Å². The molecule has 1 N–H and O–H groups in total. The summed E-state index contributed by atoms with van der Waals surface area (Å²) in [7, 11) is 1.19. The van der Waals surface area contributed by atoms with Gasteiger partial charge in [0.2, 0.25) is 0 Å². The highest BCUT2D eigenvalue weighted by Crippen LogP contribution is 2.35. The highest BCUT2D eigenvalue weighted by Gasteiger charge is 2.26. The summed E-state index contributed by atoms with van der Waals surface area (Å²) in [6.07, 6.45) is 0.692. The fourth-order valence-electron chi connectivity index (χ4n) is 2.55. The van der Waals surface area contributed by atoms with Gasteiger partial charge in [-0.15, -0.1) is 0 Å². The number of aliphatic hydroxyl groups excluding tert-OH is 1. The Balaban J connectivity index is 2.44. The first-order valence-corrected chi connectivity index (χ1v) is 6.94. The van der Waals surface area contributed by atoms with Crippen molar-refractivity contribution in [2.24, 2.45) is 0 Å². The summed E-state index contributed by atoms with van der Waals surface area (Å²) in [4.78, 5) is 24.0. The molecule has 7 heteroatoms. The lowest BCUT2D eigenvalue weighted by Crippen LogP contribution is -2.21. The summed E-state index contributed by atoms with van der Waals surface area (Å²) >= 11 is 0. The molecule has 1 heterocycles. The van der Waals surface area contributed by atoms with Crippen LogP contribution >= 0.6 is 0 Å². The van der Waals surface area contributed by atoms with E-state index in [-0.39, 0.29) is 11.3 Å². The van der Waals surface area contributed by atoms with Crippen molar-refractivity contribution in [2.75, 3.05) is 25.1 Å². The van der Waals surface area contributed by atoms with E-state index in [2.05, 4.69) is 11.3 Å². The summed E-state index contributed by atoms with van der Waals surface area (Å²) in [6.45, 7) is 5.15. The van der Waals surface area contributed by atoms with Gasteiger partial charge in [-0.1, -0.05) is 6.58 Å². The molecule has 1 atom stereocenters. The Kier molecular flexibility index (Phi) is 4.77. The fraction of sp³-hybridized carbons (Fsp3) is 0.400. The van der Waals surface area contributed by atoms with Gasteiger partial charge in [-0.3, -0.25) is 10.1 Å². The zero-order valence-electron chi connectivity index (χ0n) is 12.3. The number of hydrogen-bond donors (Lipinski definition) is 1. The summed E-state index contributed by atoms with van der Waals surface area (Å²) in [6, 6.07) is 4.28. The third-order valence-electron chi connectivity index (χ3n) is 3.74. The molecule has 0 amide bonds. The first-order chi connectivity index (χ1) is 10.5. The average molecular weight is 306 g/mol. The molecule has 1 fully saturated rings. The predicted octanol–water partition coefficient (Wildman–Crippen LogP) is 1.96. The van der Waals surface area contributed by atoms with Gasteiger partial charge in [0, 0.05) is 36.5 Å². The van der Waals surface area contributed by atoms with Gasteiger partial charge in [-0.2, -0.15) is 0 Å². The van der Waals surface area contributed by atoms with E-state index >= 15 is 0 Å². The largest absolute Gasteiger partial charge is 0.466 e. The van der Waals surface area contributed by atoms with Crippen molar-refractivity contribution in [3.05, 3.63) is 46.0 Å². The van der Waals surface area contributed by atoms with Crippen LogP contribution in [0.15, 0.2) is 30.4 Å². The van der Waals surface area contributed by atoms with Gasteiger partial charge in [-0.05, 0) is 18.9 Å². The quantitative estimate of drug-likeness (QED) is 0.387. The van der Waals surface area contributed by atoms with Crippen LogP contribution in [0.3, 0.4) is 0 Å². The van der Waals surface area contributed by atoms with Gasteiger partial charge in [-0.25, -0.2) is 4.79 Å². The number of nitro groups is 1. The number of nitro benzene ring substituents is 1. The van der Waals surface area contributed by atoms with Crippen LogP contribution in [0.4, 0.5) is 11.4 Å². The van der Waals surface area contributed by atoms with Crippen molar-refractivity contribution >= 4 is 17.3 Å². The smallest absolute Gasteiger partial charge is 0.336 e. The molecule has 22 heavy (non-hydrogen) atoms. The van der Waals surface area contributed by atoms with Crippen molar-refractivity contribution in [3.8, 4) is 0 Å². The van der Waals surface area contributed by atoms with E-state index < -0.39 is 17.0 Å². The van der Waals surface area contributed by atoms with Crippen LogP contribution < -0.4 is 4.90 Å². The van der Waals surface area contributed by atoms with Crippen molar-refractivity contribution in [3.63, 3.8) is 0 Å². The first kappa shape index (κ1) is 16.0. The lowest BCUT2D eigenvalue weighted by atomic mass is 9.99. The lowest BCUT2D eigenvalue weighted by molar-refractivity contribution is -0.384. The average Bonchev–Trinajstić information content (AvgIpc) is 3.06. The van der Waals surface area contributed by atoms with Crippen LogP contribution in [0.25, 0.3) is 0 Å². The molecule has 1 aliphatic rings. The first-order valence-electron chi connectivity index (χ1n) is 6.94. The number of methoxy groups -OCH3 is 1. The fourth-order valence-corrected chi connectivity index (χ4v) is 2.55. The number of nitrogens with zero attached hydrogens (tertiary/aromatic N) is 2. The maximum Gasteiger partial charge on any atom is 0.336 e. The van der Waals surface area contributed by atoms with Gasteiger partial charge in [0.15, 0.2) is 0 Å². The number of esters is 1. The molecule has 0 aromatic heterocycles. The van der Waals surface area contributed by atoms with Crippen LogP contribution in [0, 0.1) is 10.1 Å². The van der Waals surface area contributed by atoms with E-state index in [4.69, 9.17) is 0 Å². The van der Waals surface area contributed by atoms with Gasteiger partial charge < -0.3 is 14.7 Å². The Morgan fingerprint density at radius 3 is 2.64 bits per heavy atom. The van der Waals surface area contributed by atoms with E-state index in [0.717, 1.165) is 25.9 Å². The standard InChI is InChI=1S/C15H18N2O5/c1-10(15(19)22-2)14(18)12-9-11(17(20)21)5-6-13(12)16-7-3-4-8-16/h5-6,9,14,18H,1,3-4,7-8H2,2H3. The maximum absolute atomic E-state index is 11.5. The molecule has 2 rings (SSSR count). The number of carbonyl (C=O) groups excluding carboxylic acids is 1. The molecule has 0 aliphatic carbocycles. The van der Waals surface area contributed by atoms with Gasteiger partial charge >= 0.3 is 5.97 Å². The monoisotopic (exact) mass is 306 g/mol. The van der Waals surface area contributed by atoms with Crippen LogP contribution in [0.5, 0.6) is 0 Å². The Bertz CT molecular complexity index is 608. The van der Waals surface area contributed by atoms with E-state index in [1.54, 1.807) is 6.07 Å². The van der Waals surface area contributed by atoms with E-state index in [1.165, 1.54) is 19.2 Å². The molecule has 0 spiro atoms. The molecule has 1 aliphatic heterocycles. The molecular weight excluding hydrogens is 288 g/mol. The minimum Gasteiger partial charge on any atom is -0.466 e. The van der Waals surface area contributed by atoms with E-state index in [0.29, 0.717) is 11.3 Å². The molecule has 1 aromatic rings. The molecule has 0 radical (unpaired) electrons. The highest BCUT2D eigenvalue weighted by molar-refractivity contribution is 5.89. The summed E-state index contributed by atoms with van der Waals surface area (Å²) in [5.74, 6) is -0.744. The second kappa shape index (κ2) is 6.57. The van der Waals surface area contributed by atoms with E-state index in [1.807, 2.05) is 4.90 Å². The van der Waals surface area contributed by atoms with Crippen LogP contribution in [0.2, 0.25) is 0 Å². The van der Waals surface area contributed by atoms with Gasteiger partial charge in [0.1, 0.15) is 6.10 Å². The summed E-state index contributed by atoms with van der Waals surface area (Å²) in [5.41, 5.74) is 0.685. The molecule has 1 saturated heterocycles. The number of carbonyl (C=O) groups is 1. The molecule has 118 valence electrons. The lowest BCUT2D eigenvalue weighted by Gasteiger charge is -2.24. The predicted molar refractivity (Wildman–Crippen MR) is 80.7 cm³/mol. The zero-order chi connectivity index (χ0) is 16.3. The topological polar surface area (TPSA) is 92.9 Å². The van der Waals surface area contributed by atoms with Gasteiger partial charge in [0.25, 0.3) is 5.69 Å².